The third-order valence-electron chi connectivity index (χ3n) is 1.50. The van der Waals surface area contributed by atoms with Crippen molar-refractivity contribution in [3.63, 3.8) is 0 Å². The molecule has 4 nitrogen and oxygen atoms in total. The van der Waals surface area contributed by atoms with Crippen molar-refractivity contribution in [3.05, 3.63) is 18.0 Å². The predicted octanol–water partition coefficient (Wildman–Crippen LogP) is 0.560. The number of aryl methyl sites for hydroxylation is 1. The van der Waals surface area contributed by atoms with Gasteiger partial charge in [-0.2, -0.15) is 5.10 Å². The second-order valence-corrected chi connectivity index (χ2v) is 2.66. The summed E-state index contributed by atoms with van der Waals surface area (Å²) in [5.74, 6) is -0.0510. The van der Waals surface area contributed by atoms with E-state index in [4.69, 9.17) is 0 Å². The van der Waals surface area contributed by atoms with Gasteiger partial charge in [-0.15, -0.1) is 0 Å². The van der Waals surface area contributed by atoms with E-state index in [0.29, 0.717) is 12.1 Å². The zero-order valence-electron chi connectivity index (χ0n) is 7.37. The van der Waals surface area contributed by atoms with Crippen molar-refractivity contribution in [1.29, 1.82) is 0 Å². The predicted molar refractivity (Wildman–Crippen MR) is 45.8 cm³/mol. The Morgan fingerprint density at radius 3 is 3.00 bits per heavy atom. The number of carbonyl (C=O) groups excluding carboxylic acids is 1. The van der Waals surface area contributed by atoms with E-state index in [2.05, 4.69) is 10.4 Å². The Morgan fingerprint density at radius 2 is 2.50 bits per heavy atom. The Kier molecular flexibility index (Phi) is 2.85. The summed E-state index contributed by atoms with van der Waals surface area (Å²) in [6.45, 7) is 2.73. The van der Waals surface area contributed by atoms with E-state index in [1.165, 1.54) is 0 Å². The molecule has 0 unspecified atom stereocenters. The zero-order valence-corrected chi connectivity index (χ0v) is 7.37. The van der Waals surface area contributed by atoms with E-state index >= 15 is 0 Å². The SMILES string of the molecule is CCCNC(=O)c1cnn(C)c1. The molecule has 0 aliphatic rings. The Hall–Kier alpha value is -1.32. The van der Waals surface area contributed by atoms with Crippen LogP contribution >= 0.6 is 0 Å². The summed E-state index contributed by atoms with van der Waals surface area (Å²) in [5, 5.41) is 6.67. The maximum atomic E-state index is 11.3. The molecule has 0 aromatic carbocycles. The van der Waals surface area contributed by atoms with E-state index in [-0.39, 0.29) is 5.91 Å². The van der Waals surface area contributed by atoms with Gasteiger partial charge in [-0.25, -0.2) is 0 Å². The van der Waals surface area contributed by atoms with Gasteiger partial charge >= 0.3 is 0 Å². The second-order valence-electron chi connectivity index (χ2n) is 2.66. The molecule has 4 heteroatoms. The van der Waals surface area contributed by atoms with Crippen LogP contribution in [-0.4, -0.2) is 22.2 Å². The highest BCUT2D eigenvalue weighted by molar-refractivity contribution is 5.93. The van der Waals surface area contributed by atoms with Gasteiger partial charge in [0.1, 0.15) is 0 Å². The lowest BCUT2D eigenvalue weighted by Gasteiger charge is -1.98. The first kappa shape index (κ1) is 8.77. The zero-order chi connectivity index (χ0) is 8.97. The molecule has 0 saturated heterocycles. The summed E-state index contributed by atoms with van der Waals surface area (Å²) < 4.78 is 1.61. The van der Waals surface area contributed by atoms with Gasteiger partial charge in [0.15, 0.2) is 0 Å². The molecule has 0 fully saturated rings. The lowest BCUT2D eigenvalue weighted by molar-refractivity contribution is 0.0953. The molecule has 1 heterocycles. The van der Waals surface area contributed by atoms with E-state index in [9.17, 15) is 4.79 Å². The third-order valence-corrected chi connectivity index (χ3v) is 1.50. The number of carbonyl (C=O) groups is 1. The summed E-state index contributed by atoms with van der Waals surface area (Å²) in [4.78, 5) is 11.3. The Labute approximate surface area is 71.6 Å². The van der Waals surface area contributed by atoms with E-state index in [1.807, 2.05) is 6.92 Å². The van der Waals surface area contributed by atoms with Crippen LogP contribution in [0.2, 0.25) is 0 Å². The van der Waals surface area contributed by atoms with Crippen LogP contribution in [0.5, 0.6) is 0 Å². The molecule has 1 aromatic rings. The second kappa shape index (κ2) is 3.90. The maximum Gasteiger partial charge on any atom is 0.254 e. The van der Waals surface area contributed by atoms with Crippen molar-refractivity contribution in [1.82, 2.24) is 15.1 Å². The van der Waals surface area contributed by atoms with Crippen molar-refractivity contribution in [3.8, 4) is 0 Å². The number of nitrogens with zero attached hydrogens (tertiary/aromatic N) is 2. The molecule has 0 saturated carbocycles. The summed E-state index contributed by atoms with van der Waals surface area (Å²) in [6, 6.07) is 0. The lowest BCUT2D eigenvalue weighted by Crippen LogP contribution is -2.23. The van der Waals surface area contributed by atoms with Gasteiger partial charge in [0.05, 0.1) is 11.8 Å². The lowest BCUT2D eigenvalue weighted by atomic mass is 10.3. The highest BCUT2D eigenvalue weighted by atomic mass is 16.1. The monoisotopic (exact) mass is 167 g/mol. The van der Waals surface area contributed by atoms with Gasteiger partial charge in [0.25, 0.3) is 5.91 Å². The molecule has 0 atom stereocenters. The molecule has 1 rings (SSSR count). The smallest absolute Gasteiger partial charge is 0.254 e. The minimum atomic E-state index is -0.0510. The number of hydrogen-bond donors (Lipinski definition) is 1. The van der Waals surface area contributed by atoms with Crippen LogP contribution in [0.4, 0.5) is 0 Å². The maximum absolute atomic E-state index is 11.3. The third kappa shape index (κ3) is 2.08. The first-order valence-electron chi connectivity index (χ1n) is 4.01. The molecular formula is C8H13N3O. The molecule has 0 spiro atoms. The number of amides is 1. The summed E-state index contributed by atoms with van der Waals surface area (Å²) in [5.41, 5.74) is 0.617. The quantitative estimate of drug-likeness (QED) is 0.715. The fourth-order valence-corrected chi connectivity index (χ4v) is 0.879. The number of aromatic nitrogens is 2. The molecular weight excluding hydrogens is 154 g/mol. The largest absolute Gasteiger partial charge is 0.352 e. The molecule has 0 aliphatic heterocycles. The normalized spacial score (nSPS) is 9.83. The molecule has 0 bridgehead atoms. The standard InChI is InChI=1S/C8H13N3O/c1-3-4-9-8(12)7-5-10-11(2)6-7/h5-6H,3-4H2,1-2H3,(H,9,12). The van der Waals surface area contributed by atoms with Crippen molar-refractivity contribution >= 4 is 5.91 Å². The molecule has 0 aliphatic carbocycles. The van der Waals surface area contributed by atoms with Crippen LogP contribution in [0.3, 0.4) is 0 Å². The first-order chi connectivity index (χ1) is 5.74. The Bertz CT molecular complexity index is 267. The van der Waals surface area contributed by atoms with Crippen molar-refractivity contribution < 1.29 is 4.79 Å². The van der Waals surface area contributed by atoms with E-state index in [1.54, 1.807) is 24.1 Å². The Balaban J connectivity index is 2.53. The average molecular weight is 167 g/mol. The first-order valence-corrected chi connectivity index (χ1v) is 4.01. The number of hydrogen-bond acceptors (Lipinski definition) is 2. The topological polar surface area (TPSA) is 46.9 Å². The molecule has 1 aromatic heterocycles. The fourth-order valence-electron chi connectivity index (χ4n) is 0.879. The fraction of sp³-hybridized carbons (Fsp3) is 0.500. The van der Waals surface area contributed by atoms with Crippen LogP contribution in [0.1, 0.15) is 23.7 Å². The minimum absolute atomic E-state index is 0.0510. The van der Waals surface area contributed by atoms with Gasteiger partial charge in [-0.3, -0.25) is 9.48 Å². The molecule has 0 radical (unpaired) electrons. The molecule has 1 amide bonds. The molecule has 12 heavy (non-hydrogen) atoms. The number of rotatable bonds is 3. The average Bonchev–Trinajstić information content (AvgIpc) is 2.47. The van der Waals surface area contributed by atoms with Gasteiger partial charge in [-0.1, -0.05) is 6.92 Å². The van der Waals surface area contributed by atoms with Crippen LogP contribution in [0.25, 0.3) is 0 Å². The van der Waals surface area contributed by atoms with Crippen molar-refractivity contribution in [2.24, 2.45) is 7.05 Å². The van der Waals surface area contributed by atoms with Crippen LogP contribution < -0.4 is 5.32 Å². The minimum Gasteiger partial charge on any atom is -0.352 e. The summed E-state index contributed by atoms with van der Waals surface area (Å²) in [7, 11) is 1.79. The summed E-state index contributed by atoms with van der Waals surface area (Å²) in [6.07, 6.45) is 4.21. The molecule has 1 N–H and O–H groups in total. The van der Waals surface area contributed by atoms with Crippen molar-refractivity contribution in [2.45, 2.75) is 13.3 Å². The van der Waals surface area contributed by atoms with Crippen LogP contribution in [-0.2, 0) is 7.05 Å². The van der Waals surface area contributed by atoms with Gasteiger partial charge < -0.3 is 5.32 Å². The molecule has 66 valence electrons. The van der Waals surface area contributed by atoms with E-state index < -0.39 is 0 Å². The highest BCUT2D eigenvalue weighted by Crippen LogP contribution is 1.94. The van der Waals surface area contributed by atoms with Gasteiger partial charge in [-0.05, 0) is 6.42 Å². The number of nitrogens with one attached hydrogen (secondary N) is 1. The van der Waals surface area contributed by atoms with E-state index in [0.717, 1.165) is 6.42 Å². The van der Waals surface area contributed by atoms with Gasteiger partial charge in [0, 0.05) is 19.8 Å². The van der Waals surface area contributed by atoms with Crippen LogP contribution in [0, 0.1) is 0 Å². The van der Waals surface area contributed by atoms with Crippen LogP contribution in [0.15, 0.2) is 12.4 Å². The van der Waals surface area contributed by atoms with Gasteiger partial charge in [0.2, 0.25) is 0 Å². The highest BCUT2D eigenvalue weighted by Gasteiger charge is 2.05. The Morgan fingerprint density at radius 1 is 1.75 bits per heavy atom. The van der Waals surface area contributed by atoms with Crippen molar-refractivity contribution in [2.75, 3.05) is 6.54 Å². The summed E-state index contributed by atoms with van der Waals surface area (Å²) >= 11 is 0.